The Balaban J connectivity index is 0.887. The Bertz CT molecular complexity index is 2280. The minimum absolute atomic E-state index is 0.0157. The number of hydrogen-bond acceptors (Lipinski definition) is 21. The zero-order chi connectivity index (χ0) is 57.4. The normalized spacial score (nSPS) is 14.3. The molecule has 0 aromatic heterocycles. The largest absolute Gasteiger partial charge is 0.420 e. The fourth-order valence-corrected chi connectivity index (χ4v) is 7.78. The van der Waals surface area contributed by atoms with Crippen molar-refractivity contribution in [2.75, 3.05) is 158 Å². The van der Waals surface area contributed by atoms with Crippen molar-refractivity contribution in [3.05, 3.63) is 58.2 Å². The van der Waals surface area contributed by atoms with Crippen LogP contribution in [0.2, 0.25) is 0 Å². The molecule has 2 aliphatic heterocycles. The average molecular weight is 1150 g/mol. The highest BCUT2D eigenvalue weighted by Crippen LogP contribution is 2.37. The first kappa shape index (κ1) is 66.5. The van der Waals surface area contributed by atoms with E-state index in [1.807, 2.05) is 6.92 Å². The van der Waals surface area contributed by atoms with Gasteiger partial charge in [-0.25, -0.2) is 18.8 Å². The van der Waals surface area contributed by atoms with Crippen LogP contribution in [0.5, 0.6) is 5.75 Å². The molecule has 2 aromatic carbocycles. The number of amidine groups is 1. The van der Waals surface area contributed by atoms with Crippen molar-refractivity contribution < 1.29 is 103 Å². The number of nitrogens with two attached hydrogens (primary N) is 1. The smallest absolute Gasteiger partial charge is 0.313 e. The van der Waals surface area contributed by atoms with E-state index in [0.29, 0.717) is 121 Å². The molecule has 2 heterocycles. The molecule has 79 heavy (non-hydrogen) atoms. The van der Waals surface area contributed by atoms with Gasteiger partial charge in [-0.3, -0.25) is 28.8 Å². The summed E-state index contributed by atoms with van der Waals surface area (Å²) >= 11 is -0.525. The number of ether oxygens (including phenoxy) is 11. The van der Waals surface area contributed by atoms with Crippen LogP contribution in [-0.4, -0.2) is 208 Å². The van der Waals surface area contributed by atoms with Gasteiger partial charge >= 0.3 is 5.97 Å². The van der Waals surface area contributed by atoms with Crippen LogP contribution in [0.1, 0.15) is 57.6 Å². The van der Waals surface area contributed by atoms with Crippen molar-refractivity contribution in [2.45, 2.75) is 56.8 Å². The summed E-state index contributed by atoms with van der Waals surface area (Å²) in [5, 5.41) is 1.32. The van der Waals surface area contributed by atoms with Crippen LogP contribution >= 0.6 is 12.0 Å². The van der Waals surface area contributed by atoms with Gasteiger partial charge < -0.3 is 67.3 Å². The van der Waals surface area contributed by atoms with Gasteiger partial charge in [0.1, 0.15) is 16.1 Å². The Morgan fingerprint density at radius 1 is 0.671 bits per heavy atom. The maximum Gasteiger partial charge on any atom is 0.313 e. The third-order valence-corrected chi connectivity index (χ3v) is 12.2. The van der Waals surface area contributed by atoms with E-state index < -0.39 is 75.3 Å². The van der Waals surface area contributed by atoms with Crippen LogP contribution in [0, 0.1) is 23.3 Å². The van der Waals surface area contributed by atoms with E-state index in [2.05, 4.69) is 9.73 Å². The summed E-state index contributed by atoms with van der Waals surface area (Å²) in [5.74, 6) is -11.8. The van der Waals surface area contributed by atoms with E-state index in [9.17, 15) is 41.5 Å². The second kappa shape index (κ2) is 37.1. The molecule has 2 amide bonds. The molecule has 0 aliphatic carbocycles. The molecule has 0 atom stereocenters. The van der Waals surface area contributed by atoms with Crippen LogP contribution < -0.4 is 10.5 Å². The molecule has 1 fully saturated rings. The van der Waals surface area contributed by atoms with Crippen LogP contribution in [0.25, 0.3) is 6.08 Å². The van der Waals surface area contributed by atoms with Crippen molar-refractivity contribution in [1.29, 1.82) is 0 Å². The third-order valence-electron chi connectivity index (χ3n) is 11.7. The van der Waals surface area contributed by atoms with Crippen molar-refractivity contribution in [3.8, 4) is 5.75 Å². The first-order chi connectivity index (χ1) is 38.2. The summed E-state index contributed by atoms with van der Waals surface area (Å²) in [6.07, 6.45) is 2.02. The summed E-state index contributed by atoms with van der Waals surface area (Å²) in [4.78, 5) is 75.2. The Morgan fingerprint density at radius 3 is 1.52 bits per heavy atom. The third kappa shape index (κ3) is 22.1. The monoisotopic (exact) mass is 1150 g/mol. The number of halogens is 4. The number of likely N-dealkylation sites (tertiary alicyclic amines) is 1. The average Bonchev–Trinajstić information content (AvgIpc) is 3.60. The lowest BCUT2D eigenvalue weighted by molar-refractivity contribution is -0.180. The molecule has 2 aliphatic rings. The number of ketones is 2. The topological polar surface area (TPSA) is 261 Å². The molecular weight excluding hydrogens is 1080 g/mol. The number of amides is 2. The van der Waals surface area contributed by atoms with Gasteiger partial charge in [0.15, 0.2) is 23.2 Å². The first-order valence-electron chi connectivity index (χ1n) is 25.8. The Hall–Kier alpha value is -5.01. The van der Waals surface area contributed by atoms with Gasteiger partial charge in [-0.2, -0.15) is 8.78 Å². The first-order valence-corrected chi connectivity index (χ1v) is 26.6. The number of rotatable bonds is 41. The van der Waals surface area contributed by atoms with E-state index >= 15 is 0 Å². The van der Waals surface area contributed by atoms with Gasteiger partial charge in [-0.15, -0.1) is 0 Å². The number of carbonyl (C=O) groups is 5. The highest BCUT2D eigenvalue weighted by atomic mass is 32.2. The molecule has 0 radical (unpaired) electrons. The molecule has 27 heteroatoms. The maximum atomic E-state index is 13.9. The lowest BCUT2D eigenvalue weighted by Crippen LogP contribution is -2.57. The Labute approximate surface area is 460 Å². The lowest BCUT2D eigenvalue weighted by Gasteiger charge is -2.37. The second-order valence-electron chi connectivity index (χ2n) is 17.4. The van der Waals surface area contributed by atoms with Crippen molar-refractivity contribution in [1.82, 2.24) is 9.96 Å². The predicted molar refractivity (Wildman–Crippen MR) is 276 cm³/mol. The van der Waals surface area contributed by atoms with Gasteiger partial charge in [0.25, 0.3) is 5.91 Å². The molecule has 0 saturated carbocycles. The lowest BCUT2D eigenvalue weighted by atomic mass is 9.72. The molecule has 0 spiro atoms. The van der Waals surface area contributed by atoms with Gasteiger partial charge in [0, 0.05) is 36.1 Å². The van der Waals surface area contributed by atoms with Crippen LogP contribution in [0.3, 0.4) is 0 Å². The quantitative estimate of drug-likeness (QED) is 0.0135. The molecule has 3 N–H and O–H groups in total. The number of esters is 1. The molecule has 0 unspecified atom stereocenters. The fourth-order valence-electron chi connectivity index (χ4n) is 7.44. The van der Waals surface area contributed by atoms with Gasteiger partial charge in [0.05, 0.1) is 170 Å². The SMILES string of the molecule is CCCN(OCC)C(=O)C1=Cc2ccc(C3(C)C(=O)CN(C(=O)CCOCCOCCOCCOCCOCCOCCOCCOCCOCCOCCC(=O)Oc4c(F)c(F)c(SO)c(F)c4F)CC3=O)cc2N=C(N)C1. The number of piperidine rings is 1. The number of hydrogen-bond donors (Lipinski definition) is 2. The summed E-state index contributed by atoms with van der Waals surface area (Å²) in [5.41, 5.74) is 6.57. The zero-order valence-electron chi connectivity index (χ0n) is 44.8. The van der Waals surface area contributed by atoms with Crippen LogP contribution in [0.4, 0.5) is 23.2 Å². The van der Waals surface area contributed by atoms with Crippen LogP contribution in [0.15, 0.2) is 33.7 Å². The maximum absolute atomic E-state index is 13.9. The summed E-state index contributed by atoms with van der Waals surface area (Å²) < 4.78 is 123. The fraction of sp³-hybridized carbons (Fsp3) is 0.615. The zero-order valence-corrected chi connectivity index (χ0v) is 45.7. The van der Waals surface area contributed by atoms with Gasteiger partial charge in [-0.1, -0.05) is 19.1 Å². The number of benzene rings is 2. The Kier molecular flexibility index (Phi) is 31.2. The number of aliphatic imine (C=N–C) groups is 1. The number of carbonyl (C=O) groups excluding carboxylic acids is 5. The minimum atomic E-state index is -1.95. The van der Waals surface area contributed by atoms with Crippen molar-refractivity contribution in [2.24, 2.45) is 10.7 Å². The summed E-state index contributed by atoms with van der Waals surface area (Å²) in [6, 6.07) is 5.02. The molecule has 0 bridgehead atoms. The van der Waals surface area contributed by atoms with E-state index in [1.54, 1.807) is 38.1 Å². The predicted octanol–water partition coefficient (Wildman–Crippen LogP) is 4.56. The second-order valence-corrected chi connectivity index (χ2v) is 18.0. The molecule has 1 saturated heterocycles. The standard InChI is InChI=1S/C52H72F4N4O18S/c1-4-10-60(77-5-2)51(65)37-31-36-6-7-38(33-39(36)58-42(57)32-37)52(3)40(61)34-59(35-41(52)62)43(63)8-11-67-13-15-69-17-19-71-21-23-73-25-27-75-29-30-76-28-26-74-24-22-72-20-18-70-16-14-68-12-9-44(64)78-49-45(53)47(55)50(79-66)48(56)46(49)54/h6-7,31,33,66H,4-5,8-30,32,34-35H2,1-3H3,(H2,57,58). The number of hydroxylamine groups is 2. The van der Waals surface area contributed by atoms with E-state index in [1.165, 1.54) is 9.96 Å². The van der Waals surface area contributed by atoms with Gasteiger partial charge in [0.2, 0.25) is 23.3 Å². The number of fused-ring (bicyclic) bond motifs is 1. The highest BCUT2D eigenvalue weighted by Gasteiger charge is 2.48. The van der Waals surface area contributed by atoms with E-state index in [-0.39, 0.29) is 96.4 Å². The van der Waals surface area contributed by atoms with Gasteiger partial charge in [-0.05, 0) is 38.0 Å². The molecule has 442 valence electrons. The van der Waals surface area contributed by atoms with E-state index in [4.69, 9.17) is 62.5 Å². The highest BCUT2D eigenvalue weighted by molar-refractivity contribution is 7.93. The molecule has 2 aromatic rings. The Morgan fingerprint density at radius 2 is 1.10 bits per heavy atom. The van der Waals surface area contributed by atoms with Crippen LogP contribution in [-0.2, 0) is 81.6 Å². The van der Waals surface area contributed by atoms with E-state index in [0.717, 1.165) is 0 Å². The molecular formula is C52H72F4N4O18S. The molecule has 22 nitrogen and oxygen atoms in total. The van der Waals surface area contributed by atoms with Crippen molar-refractivity contribution >= 4 is 59.0 Å². The van der Waals surface area contributed by atoms with Crippen molar-refractivity contribution in [3.63, 3.8) is 0 Å². The summed E-state index contributed by atoms with van der Waals surface area (Å²) in [6.45, 7) is 11.1. The summed E-state index contributed by atoms with van der Waals surface area (Å²) in [7, 11) is 0. The minimum Gasteiger partial charge on any atom is -0.420 e. The number of nitrogens with zero attached hydrogens (tertiary/aromatic N) is 3. The molecule has 4 rings (SSSR count). The number of Topliss-reactive ketones (excluding diaryl/α,β-unsaturated/α-hetero) is 2.